The highest BCUT2D eigenvalue weighted by atomic mass is 127. The second-order valence-electron chi connectivity index (χ2n) is 3.49. The second-order valence-corrected chi connectivity index (χ2v) is 5.04. The molecule has 5 heteroatoms. The summed E-state index contributed by atoms with van der Waals surface area (Å²) in [6.45, 7) is 0. The Hall–Kier alpha value is -0.880. The molecule has 0 amide bonds. The van der Waals surface area contributed by atoms with E-state index in [-0.39, 0.29) is 6.04 Å². The van der Waals surface area contributed by atoms with Crippen molar-refractivity contribution in [1.29, 1.82) is 0 Å². The van der Waals surface area contributed by atoms with E-state index in [2.05, 4.69) is 37.9 Å². The van der Waals surface area contributed by atoms with Crippen LogP contribution in [0.3, 0.4) is 0 Å². The van der Waals surface area contributed by atoms with E-state index in [0.717, 1.165) is 9.13 Å². The molecule has 0 aliphatic rings. The number of hydrogen-bond donors (Lipinski definition) is 1. The molecule has 1 aromatic heterocycles. The third kappa shape index (κ3) is 3.54. The average Bonchev–Trinajstić information content (AvgIpc) is 2.39. The van der Waals surface area contributed by atoms with Crippen LogP contribution in [-0.2, 0) is 0 Å². The molecule has 88 valence electrons. The maximum atomic E-state index is 5.96. The molecule has 0 aliphatic carbocycles. The van der Waals surface area contributed by atoms with E-state index in [1.54, 1.807) is 12.4 Å². The van der Waals surface area contributed by atoms with Crippen LogP contribution in [0, 0.1) is 3.57 Å². The normalized spacial score (nSPS) is 12.1. The Bertz CT molecular complexity index is 461. The van der Waals surface area contributed by atoms with Gasteiger partial charge in [0.15, 0.2) is 0 Å². The predicted molar refractivity (Wildman–Crippen MR) is 78.3 cm³/mol. The van der Waals surface area contributed by atoms with E-state index in [1.807, 2.05) is 30.3 Å². The first-order chi connectivity index (χ1) is 8.29. The minimum atomic E-state index is 0.0259. The van der Waals surface area contributed by atoms with Crippen LogP contribution in [0.2, 0.25) is 0 Å². The Morgan fingerprint density at radius 1 is 1.18 bits per heavy atom. The zero-order chi connectivity index (χ0) is 12.1. The largest absolute Gasteiger partial charge is 0.346 e. The van der Waals surface area contributed by atoms with Crippen LogP contribution in [0.4, 0.5) is 5.95 Å². The molecule has 0 saturated heterocycles. The molecule has 1 N–H and O–H groups in total. The lowest BCUT2D eigenvalue weighted by molar-refractivity contribution is 0.867. The molecular formula is C12H11ClIN3. The first-order valence-electron chi connectivity index (χ1n) is 5.14. The number of halogens is 2. The summed E-state index contributed by atoms with van der Waals surface area (Å²) in [6.07, 6.45) is 3.54. The zero-order valence-electron chi connectivity index (χ0n) is 8.98. The molecule has 0 spiro atoms. The van der Waals surface area contributed by atoms with E-state index in [0.29, 0.717) is 11.8 Å². The van der Waals surface area contributed by atoms with Crippen molar-refractivity contribution in [1.82, 2.24) is 9.97 Å². The van der Waals surface area contributed by atoms with Crippen molar-refractivity contribution in [2.24, 2.45) is 0 Å². The van der Waals surface area contributed by atoms with Crippen molar-refractivity contribution in [2.45, 2.75) is 6.04 Å². The molecular weight excluding hydrogens is 349 g/mol. The fourth-order valence-electron chi connectivity index (χ4n) is 1.44. The Morgan fingerprint density at radius 3 is 2.41 bits per heavy atom. The molecule has 1 unspecified atom stereocenters. The Kier molecular flexibility index (Phi) is 4.56. The SMILES string of the molecule is ClCC(Nc1ncc(I)cn1)c1ccccc1. The van der Waals surface area contributed by atoms with E-state index < -0.39 is 0 Å². The number of nitrogens with one attached hydrogen (secondary N) is 1. The first kappa shape index (κ1) is 12.6. The molecule has 17 heavy (non-hydrogen) atoms. The van der Waals surface area contributed by atoms with Gasteiger partial charge >= 0.3 is 0 Å². The van der Waals surface area contributed by atoms with Crippen molar-refractivity contribution in [2.75, 3.05) is 11.2 Å². The molecule has 1 heterocycles. The highest BCUT2D eigenvalue weighted by Crippen LogP contribution is 2.18. The Labute approximate surface area is 119 Å². The number of rotatable bonds is 4. The van der Waals surface area contributed by atoms with Gasteiger partial charge in [-0.15, -0.1) is 11.6 Å². The Balaban J connectivity index is 2.13. The van der Waals surface area contributed by atoms with Crippen molar-refractivity contribution in [3.05, 3.63) is 51.9 Å². The molecule has 0 saturated carbocycles. The van der Waals surface area contributed by atoms with Crippen LogP contribution >= 0.6 is 34.2 Å². The fourth-order valence-corrected chi connectivity index (χ4v) is 1.97. The van der Waals surface area contributed by atoms with Crippen LogP contribution in [0.1, 0.15) is 11.6 Å². The van der Waals surface area contributed by atoms with Crippen LogP contribution in [0.15, 0.2) is 42.7 Å². The topological polar surface area (TPSA) is 37.8 Å². The zero-order valence-corrected chi connectivity index (χ0v) is 11.9. The second kappa shape index (κ2) is 6.16. The average molecular weight is 360 g/mol. The molecule has 2 aromatic rings. The number of alkyl halides is 1. The molecule has 1 aromatic carbocycles. The maximum absolute atomic E-state index is 5.96. The lowest BCUT2D eigenvalue weighted by Gasteiger charge is -2.16. The molecule has 3 nitrogen and oxygen atoms in total. The standard InChI is InChI=1S/C12H11ClIN3/c13-6-11(9-4-2-1-3-5-9)17-12-15-7-10(14)8-16-12/h1-5,7-8,11H,6H2,(H,15,16,17). The predicted octanol–water partition coefficient (Wildman–Crippen LogP) is 3.47. The van der Waals surface area contributed by atoms with Crippen LogP contribution in [0.25, 0.3) is 0 Å². The monoisotopic (exact) mass is 359 g/mol. The van der Waals surface area contributed by atoms with Gasteiger partial charge in [-0.1, -0.05) is 30.3 Å². The highest BCUT2D eigenvalue weighted by Gasteiger charge is 2.10. The quantitative estimate of drug-likeness (QED) is 0.671. The van der Waals surface area contributed by atoms with Crippen molar-refractivity contribution >= 4 is 40.1 Å². The molecule has 2 rings (SSSR count). The molecule has 0 aliphatic heterocycles. The van der Waals surface area contributed by atoms with E-state index in [4.69, 9.17) is 11.6 Å². The number of aromatic nitrogens is 2. The summed E-state index contributed by atoms with van der Waals surface area (Å²) in [6, 6.07) is 10.1. The van der Waals surface area contributed by atoms with Gasteiger partial charge in [0.05, 0.1) is 6.04 Å². The minimum absolute atomic E-state index is 0.0259. The highest BCUT2D eigenvalue weighted by molar-refractivity contribution is 14.1. The molecule has 0 radical (unpaired) electrons. The van der Waals surface area contributed by atoms with E-state index in [1.165, 1.54) is 0 Å². The summed E-state index contributed by atoms with van der Waals surface area (Å²) in [4.78, 5) is 8.41. The van der Waals surface area contributed by atoms with Gasteiger partial charge in [0.2, 0.25) is 5.95 Å². The lowest BCUT2D eigenvalue weighted by Crippen LogP contribution is -2.14. The third-order valence-electron chi connectivity index (χ3n) is 2.28. The lowest BCUT2D eigenvalue weighted by atomic mass is 10.1. The van der Waals surface area contributed by atoms with E-state index >= 15 is 0 Å². The van der Waals surface area contributed by atoms with Crippen molar-refractivity contribution in [3.8, 4) is 0 Å². The van der Waals surface area contributed by atoms with Crippen LogP contribution in [-0.4, -0.2) is 15.8 Å². The van der Waals surface area contributed by atoms with Gasteiger partial charge in [-0.25, -0.2) is 9.97 Å². The van der Waals surface area contributed by atoms with Gasteiger partial charge in [-0.3, -0.25) is 0 Å². The summed E-state index contributed by atoms with van der Waals surface area (Å²) in [5, 5.41) is 3.21. The number of hydrogen-bond acceptors (Lipinski definition) is 3. The van der Waals surface area contributed by atoms with E-state index in [9.17, 15) is 0 Å². The molecule has 1 atom stereocenters. The summed E-state index contributed by atoms with van der Waals surface area (Å²) in [5.41, 5.74) is 1.13. The molecule has 0 bridgehead atoms. The molecule has 0 fully saturated rings. The van der Waals surface area contributed by atoms with Crippen LogP contribution in [0.5, 0.6) is 0 Å². The third-order valence-corrected chi connectivity index (χ3v) is 3.15. The van der Waals surface area contributed by atoms with Gasteiger partial charge in [-0.05, 0) is 28.2 Å². The summed E-state index contributed by atoms with van der Waals surface area (Å²) < 4.78 is 1.01. The summed E-state index contributed by atoms with van der Waals surface area (Å²) >= 11 is 8.14. The van der Waals surface area contributed by atoms with Gasteiger partial charge < -0.3 is 5.32 Å². The van der Waals surface area contributed by atoms with Gasteiger partial charge in [-0.2, -0.15) is 0 Å². The summed E-state index contributed by atoms with van der Waals surface area (Å²) in [5.74, 6) is 1.07. The van der Waals surface area contributed by atoms with Crippen LogP contribution < -0.4 is 5.32 Å². The first-order valence-corrected chi connectivity index (χ1v) is 6.76. The van der Waals surface area contributed by atoms with Gasteiger partial charge in [0, 0.05) is 21.8 Å². The summed E-state index contributed by atoms with van der Waals surface area (Å²) in [7, 11) is 0. The number of benzene rings is 1. The Morgan fingerprint density at radius 2 is 1.82 bits per heavy atom. The smallest absolute Gasteiger partial charge is 0.223 e. The van der Waals surface area contributed by atoms with Crippen molar-refractivity contribution in [3.63, 3.8) is 0 Å². The van der Waals surface area contributed by atoms with Gasteiger partial charge in [0.25, 0.3) is 0 Å². The number of nitrogens with zero attached hydrogens (tertiary/aromatic N) is 2. The maximum Gasteiger partial charge on any atom is 0.223 e. The number of anilines is 1. The van der Waals surface area contributed by atoms with Crippen molar-refractivity contribution < 1.29 is 0 Å². The minimum Gasteiger partial charge on any atom is -0.346 e. The van der Waals surface area contributed by atoms with Gasteiger partial charge in [0.1, 0.15) is 0 Å². The fraction of sp³-hybridized carbons (Fsp3) is 0.167.